The second kappa shape index (κ2) is 6.67. The molecule has 6 nitrogen and oxygen atoms in total. The maximum Gasteiger partial charge on any atom is 0.185 e. The number of benzene rings is 2. The number of aliphatic hydroxyl groups is 1. The summed E-state index contributed by atoms with van der Waals surface area (Å²) < 4.78 is 10.6. The Kier molecular flexibility index (Phi) is 4.46. The van der Waals surface area contributed by atoms with Gasteiger partial charge in [-0.2, -0.15) is 0 Å². The summed E-state index contributed by atoms with van der Waals surface area (Å²) in [6, 6.07) is 13.5. The Hall–Kier alpha value is -2.35. The van der Waals surface area contributed by atoms with Crippen LogP contribution in [-0.2, 0) is 12.1 Å². The first kappa shape index (κ1) is 18.0. The summed E-state index contributed by atoms with van der Waals surface area (Å²) in [5, 5.41) is 13.5. The first-order valence-corrected chi connectivity index (χ1v) is 9.29. The molecule has 2 aromatic carbocycles. The molecule has 0 amide bonds. The van der Waals surface area contributed by atoms with Crippen molar-refractivity contribution in [3.05, 3.63) is 59.2 Å². The van der Waals surface area contributed by atoms with E-state index in [0.717, 1.165) is 41.0 Å². The first-order valence-electron chi connectivity index (χ1n) is 8.88. The average Bonchev–Trinajstić information content (AvgIpc) is 3.01. The van der Waals surface area contributed by atoms with Crippen molar-refractivity contribution in [2.75, 3.05) is 14.2 Å². The van der Waals surface area contributed by atoms with Crippen LogP contribution in [0.1, 0.15) is 29.2 Å². The van der Waals surface area contributed by atoms with Gasteiger partial charge in [0.25, 0.3) is 0 Å². The van der Waals surface area contributed by atoms with Gasteiger partial charge in [0.2, 0.25) is 0 Å². The zero-order valence-electron chi connectivity index (χ0n) is 15.3. The number of hydrogen-bond donors (Lipinski definition) is 3. The number of hydrazine groups is 1. The van der Waals surface area contributed by atoms with Gasteiger partial charge in [0.05, 0.1) is 20.3 Å². The van der Waals surface area contributed by atoms with Crippen LogP contribution in [0.2, 0.25) is 0 Å². The van der Waals surface area contributed by atoms with E-state index in [4.69, 9.17) is 27.4 Å². The fourth-order valence-electron chi connectivity index (χ4n) is 4.34. The standard InChI is InChI=1S/C20H23N3O3S/c1-25-14-6-3-12(4-7-14)18-17-9-5-13-11-15(26-2)8-10-16(13)20(17,24)23(22-18)19(21)27/h3-4,6-8,10-11,17-18,22,24H,5,9H2,1-2H3,(H2,21,27). The van der Waals surface area contributed by atoms with Crippen LogP contribution >= 0.6 is 12.2 Å². The normalized spacial score (nSPS) is 26.3. The topological polar surface area (TPSA) is 80.0 Å². The fraction of sp³-hybridized carbons (Fsp3) is 0.350. The molecule has 1 saturated heterocycles. The van der Waals surface area contributed by atoms with Crippen LogP contribution in [0, 0.1) is 5.92 Å². The SMILES string of the molecule is COc1ccc(C2NN(C(N)=S)C3(O)c4ccc(OC)cc4CCC23)cc1. The molecule has 2 aromatic rings. The molecule has 1 aliphatic heterocycles. The zero-order valence-corrected chi connectivity index (χ0v) is 16.1. The Bertz CT molecular complexity index is 873. The smallest absolute Gasteiger partial charge is 0.185 e. The summed E-state index contributed by atoms with van der Waals surface area (Å²) >= 11 is 5.25. The summed E-state index contributed by atoms with van der Waals surface area (Å²) in [5.74, 6) is 1.46. The minimum Gasteiger partial charge on any atom is -0.497 e. The lowest BCUT2D eigenvalue weighted by atomic mass is 9.73. The lowest BCUT2D eigenvalue weighted by Gasteiger charge is -2.41. The maximum atomic E-state index is 11.8. The monoisotopic (exact) mass is 385 g/mol. The van der Waals surface area contributed by atoms with Crippen LogP contribution in [0.5, 0.6) is 11.5 Å². The van der Waals surface area contributed by atoms with Gasteiger partial charge in [0.1, 0.15) is 11.5 Å². The van der Waals surface area contributed by atoms with Gasteiger partial charge < -0.3 is 20.3 Å². The van der Waals surface area contributed by atoms with E-state index in [1.165, 1.54) is 5.01 Å². The van der Waals surface area contributed by atoms with Crippen molar-refractivity contribution in [2.24, 2.45) is 11.7 Å². The lowest BCUT2D eigenvalue weighted by molar-refractivity contribution is -0.103. The van der Waals surface area contributed by atoms with E-state index in [1.807, 2.05) is 42.5 Å². The molecule has 1 heterocycles. The Labute approximate surface area is 163 Å². The number of ether oxygens (including phenoxy) is 2. The van der Waals surface area contributed by atoms with Crippen molar-refractivity contribution in [3.8, 4) is 11.5 Å². The van der Waals surface area contributed by atoms with Crippen molar-refractivity contribution in [2.45, 2.75) is 24.6 Å². The first-order chi connectivity index (χ1) is 13.0. The molecule has 3 atom stereocenters. The molecular weight excluding hydrogens is 362 g/mol. The summed E-state index contributed by atoms with van der Waals surface area (Å²) in [6.07, 6.45) is 1.64. The summed E-state index contributed by atoms with van der Waals surface area (Å²) in [4.78, 5) is 0. The predicted molar refractivity (Wildman–Crippen MR) is 106 cm³/mol. The van der Waals surface area contributed by atoms with E-state index in [1.54, 1.807) is 14.2 Å². The Morgan fingerprint density at radius 3 is 2.48 bits per heavy atom. The molecule has 0 spiro atoms. The van der Waals surface area contributed by atoms with Crippen LogP contribution in [0.15, 0.2) is 42.5 Å². The molecule has 4 N–H and O–H groups in total. The minimum absolute atomic E-state index is 0.103. The van der Waals surface area contributed by atoms with Crippen molar-refractivity contribution < 1.29 is 14.6 Å². The third kappa shape index (κ3) is 2.74. The number of thiocarbonyl (C=S) groups is 1. The van der Waals surface area contributed by atoms with E-state index >= 15 is 0 Å². The minimum atomic E-state index is -1.31. The number of nitrogens with one attached hydrogen (secondary N) is 1. The Morgan fingerprint density at radius 2 is 1.85 bits per heavy atom. The molecule has 142 valence electrons. The van der Waals surface area contributed by atoms with Gasteiger partial charge in [-0.05, 0) is 60.5 Å². The fourth-order valence-corrected chi connectivity index (χ4v) is 4.53. The van der Waals surface area contributed by atoms with Gasteiger partial charge in [-0.3, -0.25) is 0 Å². The summed E-state index contributed by atoms with van der Waals surface area (Å²) in [7, 11) is 3.28. The predicted octanol–water partition coefficient (Wildman–Crippen LogP) is 2.22. The number of fused-ring (bicyclic) bond motifs is 3. The molecule has 0 saturated carbocycles. The molecule has 1 fully saturated rings. The largest absolute Gasteiger partial charge is 0.497 e. The Morgan fingerprint density at radius 1 is 1.19 bits per heavy atom. The van der Waals surface area contributed by atoms with Gasteiger partial charge in [0.15, 0.2) is 10.8 Å². The summed E-state index contributed by atoms with van der Waals surface area (Å²) in [6.45, 7) is 0. The van der Waals surface area contributed by atoms with E-state index in [-0.39, 0.29) is 17.1 Å². The van der Waals surface area contributed by atoms with Crippen molar-refractivity contribution in [1.29, 1.82) is 0 Å². The molecule has 7 heteroatoms. The number of nitrogens with two attached hydrogens (primary N) is 1. The van der Waals surface area contributed by atoms with Gasteiger partial charge in [-0.1, -0.05) is 18.2 Å². The summed E-state index contributed by atoms with van der Waals surface area (Å²) in [5.41, 5.74) is 10.9. The number of aryl methyl sites for hydroxylation is 1. The zero-order chi connectivity index (χ0) is 19.2. The number of rotatable bonds is 3. The van der Waals surface area contributed by atoms with Crippen LogP contribution < -0.4 is 20.6 Å². The third-order valence-electron chi connectivity index (χ3n) is 5.66. The Balaban J connectivity index is 1.79. The second-order valence-electron chi connectivity index (χ2n) is 6.95. The molecular formula is C20H23N3O3S. The van der Waals surface area contributed by atoms with Crippen LogP contribution in [0.25, 0.3) is 0 Å². The van der Waals surface area contributed by atoms with E-state index < -0.39 is 5.72 Å². The number of methoxy groups -OCH3 is 2. The van der Waals surface area contributed by atoms with Crippen LogP contribution in [0.3, 0.4) is 0 Å². The molecule has 27 heavy (non-hydrogen) atoms. The number of nitrogens with zero attached hydrogens (tertiary/aromatic N) is 1. The van der Waals surface area contributed by atoms with Crippen LogP contribution in [0.4, 0.5) is 0 Å². The highest BCUT2D eigenvalue weighted by Crippen LogP contribution is 2.52. The number of hydrogen-bond acceptors (Lipinski definition) is 5. The average molecular weight is 385 g/mol. The van der Waals surface area contributed by atoms with Crippen molar-refractivity contribution in [1.82, 2.24) is 10.4 Å². The molecule has 4 rings (SSSR count). The van der Waals surface area contributed by atoms with Gasteiger partial charge >= 0.3 is 0 Å². The van der Waals surface area contributed by atoms with E-state index in [2.05, 4.69) is 5.43 Å². The second-order valence-corrected chi connectivity index (χ2v) is 7.37. The lowest BCUT2D eigenvalue weighted by Crippen LogP contribution is -2.54. The van der Waals surface area contributed by atoms with Crippen molar-refractivity contribution in [3.63, 3.8) is 0 Å². The van der Waals surface area contributed by atoms with Gasteiger partial charge in [0, 0.05) is 11.5 Å². The highest BCUT2D eigenvalue weighted by Gasteiger charge is 2.57. The molecule has 0 aromatic heterocycles. The highest BCUT2D eigenvalue weighted by molar-refractivity contribution is 7.80. The van der Waals surface area contributed by atoms with E-state index in [0.29, 0.717) is 0 Å². The van der Waals surface area contributed by atoms with Gasteiger partial charge in [-0.25, -0.2) is 10.4 Å². The molecule has 0 bridgehead atoms. The maximum absolute atomic E-state index is 11.8. The van der Waals surface area contributed by atoms with Crippen molar-refractivity contribution >= 4 is 17.3 Å². The molecule has 1 aliphatic carbocycles. The molecule has 3 unspecified atom stereocenters. The van der Waals surface area contributed by atoms with Gasteiger partial charge in [-0.15, -0.1) is 0 Å². The quantitative estimate of drug-likeness (QED) is 0.699. The van der Waals surface area contributed by atoms with Crippen LogP contribution in [-0.4, -0.2) is 29.4 Å². The molecule has 2 aliphatic rings. The molecule has 0 radical (unpaired) electrons. The third-order valence-corrected chi connectivity index (χ3v) is 5.84. The van der Waals surface area contributed by atoms with E-state index in [9.17, 15) is 5.11 Å². The highest BCUT2D eigenvalue weighted by atomic mass is 32.1.